The highest BCUT2D eigenvalue weighted by molar-refractivity contribution is 6.35. The average molecular weight is 316 g/mol. The van der Waals surface area contributed by atoms with Gasteiger partial charge in [0.15, 0.2) is 0 Å². The van der Waals surface area contributed by atoms with Crippen molar-refractivity contribution in [1.82, 2.24) is 5.32 Å². The van der Waals surface area contributed by atoms with Crippen molar-refractivity contribution < 1.29 is 0 Å². The van der Waals surface area contributed by atoms with Crippen LogP contribution in [0, 0.1) is 0 Å². The van der Waals surface area contributed by atoms with Crippen LogP contribution in [0.25, 0.3) is 0 Å². The van der Waals surface area contributed by atoms with Crippen LogP contribution in [0.1, 0.15) is 70.4 Å². The summed E-state index contributed by atoms with van der Waals surface area (Å²) in [6, 6.07) is 6.16. The summed E-state index contributed by atoms with van der Waals surface area (Å²) in [5, 5.41) is 5.01. The summed E-state index contributed by atoms with van der Waals surface area (Å²) in [7, 11) is 0. The zero-order valence-corrected chi connectivity index (χ0v) is 14.2. The molecule has 20 heavy (non-hydrogen) atoms. The molecule has 0 saturated heterocycles. The topological polar surface area (TPSA) is 12.0 Å². The Morgan fingerprint density at radius 2 is 1.70 bits per heavy atom. The number of benzene rings is 1. The highest BCUT2D eigenvalue weighted by Crippen LogP contribution is 2.29. The third kappa shape index (κ3) is 6.47. The Balaban J connectivity index is 2.47. The van der Waals surface area contributed by atoms with Crippen molar-refractivity contribution in [2.75, 3.05) is 6.54 Å². The summed E-state index contributed by atoms with van der Waals surface area (Å²) in [5.74, 6) is 0. The second kappa shape index (κ2) is 10.5. The van der Waals surface area contributed by atoms with E-state index in [0.29, 0.717) is 11.1 Å². The Bertz CT molecular complexity index is 379. The van der Waals surface area contributed by atoms with Gasteiger partial charge in [0.2, 0.25) is 0 Å². The lowest BCUT2D eigenvalue weighted by molar-refractivity contribution is 0.477. The first kappa shape index (κ1) is 17.8. The van der Waals surface area contributed by atoms with E-state index in [1.54, 1.807) is 0 Å². The molecule has 1 aromatic carbocycles. The summed E-state index contributed by atoms with van der Waals surface area (Å²) in [6.45, 7) is 5.35. The fraction of sp³-hybridized carbons (Fsp3) is 0.647. The van der Waals surface area contributed by atoms with Crippen molar-refractivity contribution >= 4 is 23.2 Å². The van der Waals surface area contributed by atoms with Gasteiger partial charge < -0.3 is 5.32 Å². The zero-order valence-electron chi connectivity index (χ0n) is 12.7. The van der Waals surface area contributed by atoms with Gasteiger partial charge in [-0.3, -0.25) is 0 Å². The smallest absolute Gasteiger partial charge is 0.0468 e. The minimum Gasteiger partial charge on any atom is -0.310 e. The van der Waals surface area contributed by atoms with Crippen LogP contribution < -0.4 is 5.32 Å². The lowest BCUT2D eigenvalue weighted by atomic mass is 9.99. The van der Waals surface area contributed by atoms with Crippen LogP contribution in [-0.2, 0) is 0 Å². The van der Waals surface area contributed by atoms with Gasteiger partial charge >= 0.3 is 0 Å². The predicted octanol–water partition coefficient (Wildman–Crippen LogP) is 6.39. The van der Waals surface area contributed by atoms with E-state index in [1.807, 2.05) is 12.1 Å². The van der Waals surface area contributed by atoms with E-state index in [0.717, 1.165) is 18.0 Å². The Hall–Kier alpha value is -0.240. The average Bonchev–Trinajstić information content (AvgIpc) is 2.42. The molecule has 0 saturated carbocycles. The van der Waals surface area contributed by atoms with Crippen LogP contribution in [0.15, 0.2) is 18.2 Å². The molecular weight excluding hydrogens is 289 g/mol. The van der Waals surface area contributed by atoms with Crippen molar-refractivity contribution in [2.45, 2.75) is 64.8 Å². The van der Waals surface area contributed by atoms with Gasteiger partial charge in [-0.15, -0.1) is 0 Å². The number of hydrogen-bond acceptors (Lipinski definition) is 1. The van der Waals surface area contributed by atoms with Crippen molar-refractivity contribution in [3.8, 4) is 0 Å². The molecule has 0 bridgehead atoms. The molecule has 0 spiro atoms. The molecule has 114 valence electrons. The minimum atomic E-state index is 0.343. The lowest BCUT2D eigenvalue weighted by Crippen LogP contribution is -2.21. The van der Waals surface area contributed by atoms with E-state index in [9.17, 15) is 0 Å². The van der Waals surface area contributed by atoms with Crippen LogP contribution in [0.3, 0.4) is 0 Å². The van der Waals surface area contributed by atoms with Crippen LogP contribution in [0.4, 0.5) is 0 Å². The molecule has 0 heterocycles. The number of nitrogens with one attached hydrogen (secondary N) is 1. The number of unbranched alkanes of at least 4 members (excludes halogenated alkanes) is 5. The molecule has 0 fully saturated rings. The van der Waals surface area contributed by atoms with Crippen LogP contribution in [0.2, 0.25) is 10.0 Å². The largest absolute Gasteiger partial charge is 0.310 e. The molecule has 3 heteroatoms. The maximum atomic E-state index is 6.32. The molecule has 1 N–H and O–H groups in total. The summed E-state index contributed by atoms with van der Waals surface area (Å²) in [4.78, 5) is 0. The molecule has 1 nitrogen and oxygen atoms in total. The highest BCUT2D eigenvalue weighted by atomic mass is 35.5. The first-order chi connectivity index (χ1) is 9.69. The summed E-state index contributed by atoms with van der Waals surface area (Å²) in [5.41, 5.74) is 1.17. The maximum Gasteiger partial charge on any atom is 0.0468 e. The van der Waals surface area contributed by atoms with Crippen LogP contribution in [0.5, 0.6) is 0 Å². The molecule has 1 unspecified atom stereocenters. The minimum absolute atomic E-state index is 0.343. The second-order valence-electron chi connectivity index (χ2n) is 5.33. The Labute approximate surface area is 134 Å². The van der Waals surface area contributed by atoms with Crippen LogP contribution >= 0.6 is 23.2 Å². The van der Waals surface area contributed by atoms with Crippen molar-refractivity contribution in [2.24, 2.45) is 0 Å². The molecule has 1 rings (SSSR count). The quantitative estimate of drug-likeness (QED) is 0.493. The molecule has 0 radical (unpaired) electrons. The molecule has 0 aliphatic carbocycles. The van der Waals surface area contributed by atoms with Gasteiger partial charge in [0, 0.05) is 16.1 Å². The van der Waals surface area contributed by atoms with Gasteiger partial charge in [-0.05, 0) is 30.7 Å². The van der Waals surface area contributed by atoms with Crippen molar-refractivity contribution in [1.29, 1.82) is 0 Å². The standard InChI is InChI=1S/C17H27Cl2N/c1-3-5-6-7-8-9-10-17(20-4-2)15-12-11-14(18)13-16(15)19/h11-13,17,20H,3-10H2,1-2H3. The molecule has 1 aromatic rings. The molecule has 0 aromatic heterocycles. The van der Waals surface area contributed by atoms with E-state index < -0.39 is 0 Å². The first-order valence-corrected chi connectivity index (χ1v) is 8.63. The number of rotatable bonds is 10. The lowest BCUT2D eigenvalue weighted by Gasteiger charge is -2.19. The SMILES string of the molecule is CCCCCCCCC(NCC)c1ccc(Cl)cc1Cl. The Kier molecular flexibility index (Phi) is 9.33. The predicted molar refractivity (Wildman–Crippen MR) is 90.9 cm³/mol. The Morgan fingerprint density at radius 1 is 1.00 bits per heavy atom. The van der Waals surface area contributed by atoms with E-state index in [-0.39, 0.29) is 0 Å². The third-order valence-corrected chi connectivity index (χ3v) is 4.20. The molecule has 1 atom stereocenters. The van der Waals surface area contributed by atoms with Gasteiger partial charge in [0.1, 0.15) is 0 Å². The van der Waals surface area contributed by atoms with Gasteiger partial charge in [-0.1, -0.05) is 81.6 Å². The monoisotopic (exact) mass is 315 g/mol. The second-order valence-corrected chi connectivity index (χ2v) is 6.18. The number of halogens is 2. The molecular formula is C17H27Cl2N. The van der Waals surface area contributed by atoms with Gasteiger partial charge in [-0.25, -0.2) is 0 Å². The summed E-state index contributed by atoms with van der Waals surface area (Å²) >= 11 is 12.3. The van der Waals surface area contributed by atoms with Crippen LogP contribution in [-0.4, -0.2) is 6.54 Å². The summed E-state index contributed by atoms with van der Waals surface area (Å²) in [6.07, 6.45) is 9.08. The normalized spacial score (nSPS) is 12.6. The molecule has 0 aliphatic rings. The van der Waals surface area contributed by atoms with E-state index in [4.69, 9.17) is 23.2 Å². The molecule has 0 aliphatic heterocycles. The summed E-state index contributed by atoms with van der Waals surface area (Å²) < 4.78 is 0. The third-order valence-electron chi connectivity index (χ3n) is 3.63. The fourth-order valence-electron chi connectivity index (χ4n) is 2.53. The van der Waals surface area contributed by atoms with Crippen molar-refractivity contribution in [3.63, 3.8) is 0 Å². The van der Waals surface area contributed by atoms with Gasteiger partial charge in [-0.2, -0.15) is 0 Å². The number of hydrogen-bond donors (Lipinski definition) is 1. The molecule has 0 amide bonds. The van der Waals surface area contributed by atoms with Gasteiger partial charge in [0.25, 0.3) is 0 Å². The zero-order chi connectivity index (χ0) is 14.8. The van der Waals surface area contributed by atoms with E-state index >= 15 is 0 Å². The first-order valence-electron chi connectivity index (χ1n) is 7.87. The Morgan fingerprint density at radius 3 is 2.35 bits per heavy atom. The van der Waals surface area contributed by atoms with Gasteiger partial charge in [0.05, 0.1) is 0 Å². The van der Waals surface area contributed by atoms with E-state index in [1.165, 1.54) is 44.1 Å². The fourth-order valence-corrected chi connectivity index (χ4v) is 3.07. The maximum absolute atomic E-state index is 6.32. The van der Waals surface area contributed by atoms with E-state index in [2.05, 4.69) is 25.2 Å². The highest BCUT2D eigenvalue weighted by Gasteiger charge is 2.13. The van der Waals surface area contributed by atoms with Crippen molar-refractivity contribution in [3.05, 3.63) is 33.8 Å².